The van der Waals surface area contributed by atoms with Crippen molar-refractivity contribution in [3.05, 3.63) is 58.7 Å². The summed E-state index contributed by atoms with van der Waals surface area (Å²) in [5.74, 6) is 0.233. The van der Waals surface area contributed by atoms with Gasteiger partial charge in [-0.2, -0.15) is 0 Å². The van der Waals surface area contributed by atoms with Gasteiger partial charge in [-0.1, -0.05) is 19.9 Å². The molecule has 1 amide bonds. The highest BCUT2D eigenvalue weighted by Gasteiger charge is 2.37. The molecule has 2 aliphatic carbocycles. The standard InChI is InChI=1S/C29H37N3O3/c1-20-5-6-21(28(34)30-23-7-8-23)18-26(20)32(12-4-11-31-13-15-35-16-14-31)24-9-10-25-22(17-24)19-29(2,3)27(25)33/h5-6,9-10,17-18,23H,4,7-8,11-16,19H2,1-3H3,(H,30,34). The van der Waals surface area contributed by atoms with Gasteiger partial charge in [-0.05, 0) is 74.1 Å². The van der Waals surface area contributed by atoms with Gasteiger partial charge in [0, 0.05) is 60.1 Å². The summed E-state index contributed by atoms with van der Waals surface area (Å²) in [6.45, 7) is 11.6. The minimum atomic E-state index is -0.348. The number of nitrogens with zero attached hydrogens (tertiary/aromatic N) is 2. The number of ketones is 1. The summed E-state index contributed by atoms with van der Waals surface area (Å²) in [4.78, 5) is 30.4. The fourth-order valence-corrected chi connectivity index (χ4v) is 5.24. The largest absolute Gasteiger partial charge is 0.379 e. The van der Waals surface area contributed by atoms with Crippen molar-refractivity contribution in [2.45, 2.75) is 52.5 Å². The number of carbonyl (C=O) groups is 2. The highest BCUT2D eigenvalue weighted by Crippen LogP contribution is 2.39. The van der Waals surface area contributed by atoms with Crippen molar-refractivity contribution in [2.75, 3.05) is 44.3 Å². The van der Waals surface area contributed by atoms with Crippen molar-refractivity contribution in [1.29, 1.82) is 0 Å². The number of Topliss-reactive ketones (excluding diaryl/α,β-unsaturated/α-hetero) is 1. The SMILES string of the molecule is Cc1ccc(C(=O)NC2CC2)cc1N(CCCN1CCOCC1)c1ccc2c(c1)CC(C)(C)C2=O. The second-order valence-electron chi connectivity index (χ2n) is 10.9. The van der Waals surface area contributed by atoms with Crippen molar-refractivity contribution in [3.63, 3.8) is 0 Å². The summed E-state index contributed by atoms with van der Waals surface area (Å²) in [6.07, 6.45) is 3.91. The monoisotopic (exact) mass is 475 g/mol. The molecule has 1 N–H and O–H groups in total. The van der Waals surface area contributed by atoms with Crippen LogP contribution < -0.4 is 10.2 Å². The number of morpholine rings is 1. The summed E-state index contributed by atoms with van der Waals surface area (Å²) >= 11 is 0. The Hall–Kier alpha value is -2.70. The van der Waals surface area contributed by atoms with Crippen LogP contribution in [0.25, 0.3) is 0 Å². The van der Waals surface area contributed by atoms with E-state index in [-0.39, 0.29) is 17.1 Å². The lowest BCUT2D eigenvalue weighted by molar-refractivity contribution is 0.0377. The minimum absolute atomic E-state index is 0.00307. The number of hydrogen-bond donors (Lipinski definition) is 1. The predicted octanol–water partition coefficient (Wildman–Crippen LogP) is 4.51. The fourth-order valence-electron chi connectivity index (χ4n) is 5.24. The first kappa shape index (κ1) is 24.0. The third-order valence-electron chi connectivity index (χ3n) is 7.53. The highest BCUT2D eigenvalue weighted by molar-refractivity contribution is 6.05. The fraction of sp³-hybridized carbons (Fsp3) is 0.517. The van der Waals surface area contributed by atoms with Crippen molar-refractivity contribution < 1.29 is 14.3 Å². The molecule has 2 aromatic rings. The Morgan fingerprint density at radius 2 is 1.91 bits per heavy atom. The van der Waals surface area contributed by atoms with E-state index < -0.39 is 0 Å². The summed E-state index contributed by atoms with van der Waals surface area (Å²) in [6, 6.07) is 12.6. The summed E-state index contributed by atoms with van der Waals surface area (Å²) in [7, 11) is 0. The van der Waals surface area contributed by atoms with E-state index >= 15 is 0 Å². The molecule has 0 bridgehead atoms. The van der Waals surface area contributed by atoms with E-state index in [1.165, 1.54) is 0 Å². The molecule has 6 heteroatoms. The van der Waals surface area contributed by atoms with Crippen LogP contribution in [0.15, 0.2) is 36.4 Å². The molecule has 1 heterocycles. The number of benzene rings is 2. The molecule has 1 saturated heterocycles. The topological polar surface area (TPSA) is 61.9 Å². The first-order valence-corrected chi connectivity index (χ1v) is 13.0. The van der Waals surface area contributed by atoms with E-state index in [2.05, 4.69) is 34.2 Å². The van der Waals surface area contributed by atoms with Gasteiger partial charge in [-0.25, -0.2) is 0 Å². The molecular weight excluding hydrogens is 438 g/mol. The minimum Gasteiger partial charge on any atom is -0.379 e. The van der Waals surface area contributed by atoms with Crippen LogP contribution in [0, 0.1) is 12.3 Å². The normalized spacial score (nSPS) is 19.5. The highest BCUT2D eigenvalue weighted by atomic mass is 16.5. The number of hydrogen-bond acceptors (Lipinski definition) is 5. The van der Waals surface area contributed by atoms with E-state index in [1.54, 1.807) is 0 Å². The molecule has 0 aromatic heterocycles. The third-order valence-corrected chi connectivity index (χ3v) is 7.53. The van der Waals surface area contributed by atoms with Crippen LogP contribution in [0.1, 0.15) is 65.0 Å². The van der Waals surface area contributed by atoms with Gasteiger partial charge in [-0.3, -0.25) is 14.5 Å². The van der Waals surface area contributed by atoms with Crippen LogP contribution in [0.5, 0.6) is 0 Å². The van der Waals surface area contributed by atoms with E-state index in [1.807, 2.05) is 38.1 Å². The summed E-state index contributed by atoms with van der Waals surface area (Å²) in [5.41, 5.74) is 5.60. The number of amides is 1. The first-order chi connectivity index (χ1) is 16.8. The zero-order valence-corrected chi connectivity index (χ0v) is 21.2. The lowest BCUT2D eigenvalue weighted by atomic mass is 9.89. The van der Waals surface area contributed by atoms with E-state index in [0.717, 1.165) is 93.1 Å². The molecule has 1 saturated carbocycles. The molecule has 6 nitrogen and oxygen atoms in total. The molecule has 5 rings (SSSR count). The number of aryl methyl sites for hydroxylation is 1. The molecule has 2 fully saturated rings. The smallest absolute Gasteiger partial charge is 0.251 e. The van der Waals surface area contributed by atoms with Gasteiger partial charge in [0.1, 0.15) is 0 Å². The van der Waals surface area contributed by atoms with Crippen molar-refractivity contribution >= 4 is 23.1 Å². The molecule has 3 aliphatic rings. The summed E-state index contributed by atoms with van der Waals surface area (Å²) in [5, 5.41) is 3.12. The molecule has 35 heavy (non-hydrogen) atoms. The molecule has 1 aliphatic heterocycles. The van der Waals surface area contributed by atoms with Crippen LogP contribution in [0.4, 0.5) is 11.4 Å². The van der Waals surface area contributed by atoms with Gasteiger partial charge in [0.15, 0.2) is 5.78 Å². The quantitative estimate of drug-likeness (QED) is 0.609. The van der Waals surface area contributed by atoms with Crippen LogP contribution in [-0.2, 0) is 11.2 Å². The molecule has 0 atom stereocenters. The van der Waals surface area contributed by atoms with Crippen molar-refractivity contribution in [2.24, 2.45) is 5.41 Å². The number of fused-ring (bicyclic) bond motifs is 1. The Balaban J connectivity index is 1.43. The van der Waals surface area contributed by atoms with E-state index in [0.29, 0.717) is 11.6 Å². The van der Waals surface area contributed by atoms with Gasteiger partial charge in [-0.15, -0.1) is 0 Å². The molecule has 186 valence electrons. The van der Waals surface area contributed by atoms with Crippen LogP contribution in [0.2, 0.25) is 0 Å². The van der Waals surface area contributed by atoms with Crippen molar-refractivity contribution in [3.8, 4) is 0 Å². The zero-order chi connectivity index (χ0) is 24.6. The number of rotatable bonds is 8. The van der Waals surface area contributed by atoms with Crippen LogP contribution in [-0.4, -0.2) is 62.0 Å². The van der Waals surface area contributed by atoms with Gasteiger partial charge in [0.05, 0.1) is 13.2 Å². The zero-order valence-electron chi connectivity index (χ0n) is 21.2. The summed E-state index contributed by atoms with van der Waals surface area (Å²) < 4.78 is 5.50. The maximum Gasteiger partial charge on any atom is 0.251 e. The lowest BCUT2D eigenvalue weighted by Crippen LogP contribution is -2.37. The van der Waals surface area contributed by atoms with Gasteiger partial charge >= 0.3 is 0 Å². The average molecular weight is 476 g/mol. The lowest BCUT2D eigenvalue weighted by Gasteiger charge is -2.30. The van der Waals surface area contributed by atoms with E-state index in [9.17, 15) is 9.59 Å². The first-order valence-electron chi connectivity index (χ1n) is 13.0. The van der Waals surface area contributed by atoms with Gasteiger partial charge < -0.3 is 15.0 Å². The Labute approximate surface area is 208 Å². The van der Waals surface area contributed by atoms with Crippen LogP contribution >= 0.6 is 0 Å². The van der Waals surface area contributed by atoms with E-state index in [4.69, 9.17) is 4.74 Å². The molecule has 0 spiro atoms. The number of nitrogens with one attached hydrogen (secondary N) is 1. The maximum absolute atomic E-state index is 12.8. The van der Waals surface area contributed by atoms with Crippen molar-refractivity contribution in [1.82, 2.24) is 10.2 Å². The molecule has 0 unspecified atom stereocenters. The third kappa shape index (κ3) is 5.29. The molecule has 2 aromatic carbocycles. The average Bonchev–Trinajstić information content (AvgIpc) is 3.62. The number of carbonyl (C=O) groups excluding carboxylic acids is 2. The second-order valence-corrected chi connectivity index (χ2v) is 10.9. The Kier molecular flexibility index (Phi) is 6.69. The van der Waals surface area contributed by atoms with Crippen LogP contribution in [0.3, 0.4) is 0 Å². The number of anilines is 2. The predicted molar refractivity (Wildman–Crippen MR) is 139 cm³/mol. The maximum atomic E-state index is 12.8. The van der Waals surface area contributed by atoms with Gasteiger partial charge in [0.2, 0.25) is 0 Å². The second kappa shape index (κ2) is 9.75. The van der Waals surface area contributed by atoms with Gasteiger partial charge in [0.25, 0.3) is 5.91 Å². The molecule has 0 radical (unpaired) electrons. The molecular formula is C29H37N3O3. The number of ether oxygens (including phenoxy) is 1. The Bertz CT molecular complexity index is 1120. The Morgan fingerprint density at radius 3 is 2.66 bits per heavy atom. The Morgan fingerprint density at radius 1 is 1.14 bits per heavy atom.